The van der Waals surface area contributed by atoms with Crippen LogP contribution in [0.2, 0.25) is 0 Å². The Bertz CT molecular complexity index is 641. The first-order valence-corrected chi connectivity index (χ1v) is 7.12. The molecule has 0 spiro atoms. The third kappa shape index (κ3) is 2.76. The van der Waals surface area contributed by atoms with Gasteiger partial charge in [0.2, 0.25) is 0 Å². The van der Waals surface area contributed by atoms with Crippen molar-refractivity contribution in [1.29, 1.82) is 0 Å². The predicted molar refractivity (Wildman–Crippen MR) is 80.9 cm³/mol. The van der Waals surface area contributed by atoms with Crippen LogP contribution in [0.1, 0.15) is 28.3 Å². The molecule has 0 aliphatic rings. The Labute approximate surface area is 126 Å². The van der Waals surface area contributed by atoms with Crippen LogP contribution in [0.3, 0.4) is 0 Å². The third-order valence-electron chi connectivity index (χ3n) is 3.39. The Morgan fingerprint density at radius 2 is 1.80 bits per heavy atom. The van der Waals surface area contributed by atoms with Gasteiger partial charge in [0.1, 0.15) is 11.6 Å². The van der Waals surface area contributed by atoms with Gasteiger partial charge in [-0.1, -0.05) is 23.8 Å². The van der Waals surface area contributed by atoms with Gasteiger partial charge in [0, 0.05) is 5.56 Å². The lowest BCUT2D eigenvalue weighted by Gasteiger charge is -2.21. The van der Waals surface area contributed by atoms with E-state index >= 15 is 0 Å². The molecular weight excluding hydrogens is 324 g/mol. The smallest absolute Gasteiger partial charge is 0.145 e. The lowest BCUT2D eigenvalue weighted by atomic mass is 9.93. The summed E-state index contributed by atoms with van der Waals surface area (Å²) >= 11 is 3.11. The van der Waals surface area contributed by atoms with Crippen molar-refractivity contribution in [3.8, 4) is 0 Å². The van der Waals surface area contributed by atoms with Crippen LogP contribution < -0.4 is 5.32 Å². The maximum absolute atomic E-state index is 14.3. The molecule has 0 aliphatic heterocycles. The molecule has 0 aliphatic carbocycles. The summed E-state index contributed by atoms with van der Waals surface area (Å²) in [6.07, 6.45) is 0. The van der Waals surface area contributed by atoms with Crippen LogP contribution in [0, 0.1) is 25.5 Å². The van der Waals surface area contributed by atoms with E-state index in [1.165, 1.54) is 12.1 Å². The quantitative estimate of drug-likeness (QED) is 0.802. The van der Waals surface area contributed by atoms with E-state index in [4.69, 9.17) is 0 Å². The van der Waals surface area contributed by atoms with Gasteiger partial charge in [-0.2, -0.15) is 0 Å². The summed E-state index contributed by atoms with van der Waals surface area (Å²) in [6, 6.07) is 7.99. The van der Waals surface area contributed by atoms with E-state index in [0.29, 0.717) is 0 Å². The summed E-state index contributed by atoms with van der Waals surface area (Å²) in [4.78, 5) is 0. The molecule has 0 saturated carbocycles. The summed E-state index contributed by atoms with van der Waals surface area (Å²) in [5.74, 6) is -1.12. The molecule has 4 heteroatoms. The standard InChI is InChI=1S/C16H16BrF2N/c1-9-4-5-11(10(2)8-9)16(20-3)14-13(18)7-6-12(17)15(14)19/h4-8,16,20H,1-3H3. The molecule has 0 radical (unpaired) electrons. The maximum Gasteiger partial charge on any atom is 0.145 e. The fraction of sp³-hybridized carbons (Fsp3) is 0.250. The molecule has 1 nitrogen and oxygen atoms in total. The molecule has 2 aromatic rings. The van der Waals surface area contributed by atoms with Gasteiger partial charge in [-0.3, -0.25) is 0 Å². The molecular formula is C16H16BrF2N. The number of aryl methyl sites for hydroxylation is 2. The van der Waals surface area contributed by atoms with Gasteiger partial charge >= 0.3 is 0 Å². The minimum absolute atomic E-state index is 0.0360. The number of nitrogens with one attached hydrogen (secondary N) is 1. The largest absolute Gasteiger partial charge is 0.309 e. The predicted octanol–water partition coefficient (Wildman–Crippen LogP) is 4.65. The van der Waals surface area contributed by atoms with Gasteiger partial charge in [-0.25, -0.2) is 8.78 Å². The lowest BCUT2D eigenvalue weighted by molar-refractivity contribution is 0.518. The Balaban J connectivity index is 2.61. The van der Waals surface area contributed by atoms with Gasteiger partial charge in [-0.15, -0.1) is 0 Å². The van der Waals surface area contributed by atoms with Crippen LogP contribution >= 0.6 is 15.9 Å². The molecule has 1 atom stereocenters. The van der Waals surface area contributed by atoms with Gasteiger partial charge in [0.25, 0.3) is 0 Å². The minimum Gasteiger partial charge on any atom is -0.309 e. The molecule has 1 N–H and O–H groups in total. The van der Waals surface area contributed by atoms with Gasteiger partial charge < -0.3 is 5.32 Å². The highest BCUT2D eigenvalue weighted by molar-refractivity contribution is 9.10. The Kier molecular flexibility index (Phi) is 4.55. The summed E-state index contributed by atoms with van der Waals surface area (Å²) < 4.78 is 28.6. The summed E-state index contributed by atoms with van der Waals surface area (Å²) in [5, 5.41) is 3.00. The topological polar surface area (TPSA) is 12.0 Å². The highest BCUT2D eigenvalue weighted by Gasteiger charge is 2.23. The molecule has 0 saturated heterocycles. The first-order valence-electron chi connectivity index (χ1n) is 6.33. The fourth-order valence-electron chi connectivity index (χ4n) is 2.41. The molecule has 0 fully saturated rings. The highest BCUT2D eigenvalue weighted by Crippen LogP contribution is 2.32. The van der Waals surface area contributed by atoms with E-state index < -0.39 is 17.7 Å². The number of benzene rings is 2. The van der Waals surface area contributed by atoms with Crippen molar-refractivity contribution in [3.05, 3.63) is 68.7 Å². The van der Waals surface area contributed by atoms with Crippen molar-refractivity contribution in [1.82, 2.24) is 5.32 Å². The van der Waals surface area contributed by atoms with Crippen LogP contribution in [0.4, 0.5) is 8.78 Å². The second-order valence-electron chi connectivity index (χ2n) is 4.84. The van der Waals surface area contributed by atoms with Crippen molar-refractivity contribution in [2.75, 3.05) is 7.05 Å². The Hall–Kier alpha value is -1.26. The SMILES string of the molecule is CNC(c1ccc(C)cc1C)c1c(F)ccc(Br)c1F. The molecule has 0 amide bonds. The Morgan fingerprint density at radius 3 is 2.40 bits per heavy atom. The number of hydrogen-bond acceptors (Lipinski definition) is 1. The van der Waals surface area contributed by atoms with E-state index in [9.17, 15) is 8.78 Å². The van der Waals surface area contributed by atoms with Crippen LogP contribution in [0.15, 0.2) is 34.8 Å². The van der Waals surface area contributed by atoms with Crippen LogP contribution in [-0.4, -0.2) is 7.05 Å². The van der Waals surface area contributed by atoms with E-state index in [0.717, 1.165) is 16.7 Å². The van der Waals surface area contributed by atoms with E-state index in [2.05, 4.69) is 21.2 Å². The van der Waals surface area contributed by atoms with E-state index in [1.807, 2.05) is 32.0 Å². The first kappa shape index (κ1) is 15.1. The zero-order valence-electron chi connectivity index (χ0n) is 11.6. The van der Waals surface area contributed by atoms with Crippen LogP contribution in [-0.2, 0) is 0 Å². The van der Waals surface area contributed by atoms with Crippen LogP contribution in [0.25, 0.3) is 0 Å². The second kappa shape index (κ2) is 6.02. The molecule has 106 valence electrons. The fourth-order valence-corrected chi connectivity index (χ4v) is 2.76. The van der Waals surface area contributed by atoms with Crippen LogP contribution in [0.5, 0.6) is 0 Å². The third-order valence-corrected chi connectivity index (χ3v) is 4.01. The number of hydrogen-bond donors (Lipinski definition) is 1. The summed E-state index contributed by atoms with van der Waals surface area (Å²) in [6.45, 7) is 3.94. The molecule has 20 heavy (non-hydrogen) atoms. The van der Waals surface area contributed by atoms with Crippen molar-refractivity contribution < 1.29 is 8.78 Å². The van der Waals surface area contributed by atoms with Crippen molar-refractivity contribution in [2.45, 2.75) is 19.9 Å². The molecule has 0 aromatic heterocycles. The number of rotatable bonds is 3. The first-order chi connectivity index (χ1) is 9.45. The molecule has 2 rings (SSSR count). The van der Waals surface area contributed by atoms with E-state index in [-0.39, 0.29) is 10.0 Å². The minimum atomic E-state index is -0.565. The average molecular weight is 340 g/mol. The average Bonchev–Trinajstić information content (AvgIpc) is 2.40. The van der Waals surface area contributed by atoms with Crippen molar-refractivity contribution in [2.24, 2.45) is 0 Å². The molecule has 2 aromatic carbocycles. The lowest BCUT2D eigenvalue weighted by Crippen LogP contribution is -2.21. The molecule has 1 unspecified atom stereocenters. The summed E-state index contributed by atoms with van der Waals surface area (Å²) in [5.41, 5.74) is 3.03. The highest BCUT2D eigenvalue weighted by atomic mass is 79.9. The maximum atomic E-state index is 14.3. The zero-order chi connectivity index (χ0) is 14.9. The number of halogens is 3. The van der Waals surface area contributed by atoms with E-state index in [1.54, 1.807) is 7.05 Å². The second-order valence-corrected chi connectivity index (χ2v) is 5.69. The van der Waals surface area contributed by atoms with Gasteiger partial charge in [0.05, 0.1) is 10.5 Å². The van der Waals surface area contributed by atoms with Crippen molar-refractivity contribution in [3.63, 3.8) is 0 Å². The van der Waals surface area contributed by atoms with Gasteiger partial charge in [0.15, 0.2) is 0 Å². The van der Waals surface area contributed by atoms with Crippen molar-refractivity contribution >= 4 is 15.9 Å². The normalized spacial score (nSPS) is 12.5. The monoisotopic (exact) mass is 339 g/mol. The van der Waals surface area contributed by atoms with Gasteiger partial charge in [-0.05, 0) is 60.1 Å². The molecule has 0 heterocycles. The summed E-state index contributed by atoms with van der Waals surface area (Å²) in [7, 11) is 1.70. The Morgan fingerprint density at radius 1 is 1.10 bits per heavy atom. The molecule has 0 bridgehead atoms. The zero-order valence-corrected chi connectivity index (χ0v) is 13.2.